The van der Waals surface area contributed by atoms with Crippen molar-refractivity contribution in [3.63, 3.8) is 0 Å². The van der Waals surface area contributed by atoms with Crippen LogP contribution in [0.4, 0.5) is 0 Å². The Hall–Kier alpha value is -0.680. The van der Waals surface area contributed by atoms with Crippen molar-refractivity contribution in [3.8, 4) is 0 Å². The second-order valence-corrected chi connectivity index (χ2v) is 5.28. The Morgan fingerprint density at radius 2 is 2.18 bits per heavy atom. The number of nitrogens with one attached hydrogen (secondary N) is 1. The van der Waals surface area contributed by atoms with Crippen LogP contribution in [0.1, 0.15) is 32.5 Å². The van der Waals surface area contributed by atoms with Crippen LogP contribution in [0.15, 0.2) is 15.5 Å². The summed E-state index contributed by atoms with van der Waals surface area (Å²) in [6.45, 7) is 7.85. The van der Waals surface area contributed by atoms with Crippen molar-refractivity contribution in [2.24, 2.45) is 0 Å². The van der Waals surface area contributed by atoms with E-state index in [4.69, 9.17) is 0 Å². The molecule has 0 amide bonds. The highest BCUT2D eigenvalue weighted by molar-refractivity contribution is 9.10. The molecule has 0 saturated carbocycles. The van der Waals surface area contributed by atoms with Gasteiger partial charge in [-0.2, -0.15) is 0 Å². The molecule has 0 spiro atoms. The summed E-state index contributed by atoms with van der Waals surface area (Å²) >= 11 is 3.21. The van der Waals surface area contributed by atoms with Gasteiger partial charge in [-0.1, -0.05) is 13.8 Å². The summed E-state index contributed by atoms with van der Waals surface area (Å²) in [7, 11) is 0. The molecule has 0 radical (unpaired) electrons. The highest BCUT2D eigenvalue weighted by Gasteiger charge is 2.04. The van der Waals surface area contributed by atoms with Gasteiger partial charge in [0.25, 0.3) is 5.56 Å². The van der Waals surface area contributed by atoms with Gasteiger partial charge in [0.05, 0.1) is 0 Å². The minimum absolute atomic E-state index is 0.00863. The van der Waals surface area contributed by atoms with E-state index in [1.165, 1.54) is 0 Å². The third-order valence-corrected chi connectivity index (χ3v) is 3.11. The molecule has 0 aliphatic rings. The molecule has 1 aromatic heterocycles. The Labute approximate surface area is 111 Å². The Balaban J connectivity index is 2.47. The predicted molar refractivity (Wildman–Crippen MR) is 73.3 cm³/mol. The third-order valence-electron chi connectivity index (χ3n) is 2.57. The zero-order chi connectivity index (χ0) is 12.8. The number of nitrogens with zero attached hydrogens (tertiary/aromatic N) is 2. The maximum atomic E-state index is 11.8. The molecule has 0 fully saturated rings. The quantitative estimate of drug-likeness (QED) is 0.819. The van der Waals surface area contributed by atoms with E-state index < -0.39 is 0 Å². The van der Waals surface area contributed by atoms with Crippen LogP contribution in [0.5, 0.6) is 0 Å². The molecule has 1 heterocycles. The van der Waals surface area contributed by atoms with E-state index in [0.29, 0.717) is 10.5 Å². The Bertz CT molecular complexity index is 415. The van der Waals surface area contributed by atoms with Gasteiger partial charge in [-0.3, -0.25) is 9.36 Å². The highest BCUT2D eigenvalue weighted by atomic mass is 79.9. The average molecular weight is 302 g/mol. The molecule has 1 N–H and O–H groups in total. The van der Waals surface area contributed by atoms with Crippen LogP contribution in [0.2, 0.25) is 0 Å². The average Bonchev–Trinajstić information content (AvgIpc) is 2.27. The minimum atomic E-state index is 0.00863. The van der Waals surface area contributed by atoms with Gasteiger partial charge in [-0.05, 0) is 42.2 Å². The Morgan fingerprint density at radius 1 is 1.47 bits per heavy atom. The minimum Gasteiger partial charge on any atom is -0.315 e. The first-order valence-corrected chi connectivity index (χ1v) is 6.77. The summed E-state index contributed by atoms with van der Waals surface area (Å²) in [4.78, 5) is 16.0. The lowest BCUT2D eigenvalue weighted by molar-refractivity contribution is 0.517. The summed E-state index contributed by atoms with van der Waals surface area (Å²) in [5.74, 6) is 0.773. The zero-order valence-corrected chi connectivity index (χ0v) is 12.2. The molecule has 0 aliphatic heterocycles. The number of aromatic nitrogens is 2. The van der Waals surface area contributed by atoms with E-state index in [-0.39, 0.29) is 5.56 Å². The van der Waals surface area contributed by atoms with Gasteiger partial charge >= 0.3 is 0 Å². The molecule has 0 atom stereocenters. The van der Waals surface area contributed by atoms with Crippen LogP contribution >= 0.6 is 15.9 Å². The van der Waals surface area contributed by atoms with Gasteiger partial charge in [-0.15, -0.1) is 0 Å². The van der Waals surface area contributed by atoms with E-state index in [1.54, 1.807) is 10.8 Å². The lowest BCUT2D eigenvalue weighted by Crippen LogP contribution is -2.26. The molecule has 0 aromatic carbocycles. The fourth-order valence-corrected chi connectivity index (χ4v) is 1.92. The summed E-state index contributed by atoms with van der Waals surface area (Å²) in [5, 5.41) is 3.36. The predicted octanol–water partition coefficient (Wildman–Crippen LogP) is 2.09. The van der Waals surface area contributed by atoms with Crippen molar-refractivity contribution in [2.45, 2.75) is 46.2 Å². The van der Waals surface area contributed by atoms with Crippen molar-refractivity contribution in [3.05, 3.63) is 26.8 Å². The molecule has 17 heavy (non-hydrogen) atoms. The largest absolute Gasteiger partial charge is 0.315 e. The zero-order valence-electron chi connectivity index (χ0n) is 10.7. The molecule has 0 aliphatic carbocycles. The van der Waals surface area contributed by atoms with Crippen LogP contribution in [0.3, 0.4) is 0 Å². The number of aryl methyl sites for hydroxylation is 1. The number of rotatable bonds is 6. The molecule has 0 unspecified atom stereocenters. The van der Waals surface area contributed by atoms with Crippen molar-refractivity contribution in [1.29, 1.82) is 0 Å². The summed E-state index contributed by atoms with van der Waals surface area (Å²) in [6.07, 6.45) is 3.61. The van der Waals surface area contributed by atoms with Crippen molar-refractivity contribution >= 4 is 15.9 Å². The molecule has 0 saturated heterocycles. The van der Waals surface area contributed by atoms with Crippen molar-refractivity contribution < 1.29 is 0 Å². The highest BCUT2D eigenvalue weighted by Crippen LogP contribution is 2.02. The molecular formula is C12H20BrN3O. The number of hydrogen-bond donors (Lipinski definition) is 1. The SMILES string of the molecule is Cc1ncc(Br)c(=O)n1CCCCNC(C)C. The first-order valence-electron chi connectivity index (χ1n) is 5.97. The number of halogens is 1. The maximum absolute atomic E-state index is 11.8. The van der Waals surface area contributed by atoms with Gasteiger partial charge in [-0.25, -0.2) is 4.98 Å². The number of unbranched alkanes of at least 4 members (excludes halogenated alkanes) is 1. The van der Waals surface area contributed by atoms with E-state index >= 15 is 0 Å². The Morgan fingerprint density at radius 3 is 2.82 bits per heavy atom. The van der Waals surface area contributed by atoms with Gasteiger partial charge in [0.15, 0.2) is 0 Å². The van der Waals surface area contributed by atoms with Gasteiger partial charge in [0.1, 0.15) is 10.3 Å². The first kappa shape index (κ1) is 14.4. The van der Waals surface area contributed by atoms with Crippen LogP contribution < -0.4 is 10.9 Å². The summed E-state index contributed by atoms with van der Waals surface area (Å²) < 4.78 is 2.25. The molecular weight excluding hydrogens is 282 g/mol. The third kappa shape index (κ3) is 4.60. The second-order valence-electron chi connectivity index (χ2n) is 4.43. The molecule has 1 rings (SSSR count). The first-order chi connectivity index (χ1) is 8.02. The van der Waals surface area contributed by atoms with E-state index in [2.05, 4.69) is 40.1 Å². The van der Waals surface area contributed by atoms with Crippen LogP contribution in [0.25, 0.3) is 0 Å². The fourth-order valence-electron chi connectivity index (χ4n) is 1.60. The van der Waals surface area contributed by atoms with Gasteiger partial charge in [0, 0.05) is 18.8 Å². The normalized spacial score (nSPS) is 11.1. The van der Waals surface area contributed by atoms with E-state index in [1.807, 2.05) is 6.92 Å². The molecule has 96 valence electrons. The van der Waals surface area contributed by atoms with Gasteiger partial charge < -0.3 is 5.32 Å². The lowest BCUT2D eigenvalue weighted by atomic mass is 10.3. The number of hydrogen-bond acceptors (Lipinski definition) is 3. The van der Waals surface area contributed by atoms with Crippen molar-refractivity contribution in [2.75, 3.05) is 6.54 Å². The fraction of sp³-hybridized carbons (Fsp3) is 0.667. The monoisotopic (exact) mass is 301 g/mol. The molecule has 5 heteroatoms. The molecule has 0 bridgehead atoms. The van der Waals surface area contributed by atoms with Crippen LogP contribution in [-0.4, -0.2) is 22.1 Å². The molecule has 1 aromatic rings. The lowest BCUT2D eigenvalue weighted by Gasteiger charge is -2.10. The van der Waals surface area contributed by atoms with E-state index in [9.17, 15) is 4.79 Å². The van der Waals surface area contributed by atoms with Crippen LogP contribution in [-0.2, 0) is 6.54 Å². The van der Waals surface area contributed by atoms with Gasteiger partial charge in [0.2, 0.25) is 0 Å². The molecule has 4 nitrogen and oxygen atoms in total. The standard InChI is InChI=1S/C12H20BrN3O/c1-9(2)14-6-4-5-7-16-10(3)15-8-11(13)12(16)17/h8-9,14H,4-7H2,1-3H3. The van der Waals surface area contributed by atoms with Crippen molar-refractivity contribution in [1.82, 2.24) is 14.9 Å². The Kier molecular flexibility index (Phi) is 5.85. The summed E-state index contributed by atoms with van der Waals surface area (Å²) in [5.41, 5.74) is 0.00863. The topological polar surface area (TPSA) is 46.9 Å². The van der Waals surface area contributed by atoms with Crippen LogP contribution in [0, 0.1) is 6.92 Å². The smallest absolute Gasteiger partial charge is 0.267 e. The van der Waals surface area contributed by atoms with E-state index in [0.717, 1.165) is 31.8 Å². The summed E-state index contributed by atoms with van der Waals surface area (Å²) in [6, 6.07) is 0.520. The second kappa shape index (κ2) is 6.91. The maximum Gasteiger partial charge on any atom is 0.267 e.